The first-order valence-electron chi connectivity index (χ1n) is 7.80. The molecule has 0 radical (unpaired) electrons. The highest BCUT2D eigenvalue weighted by molar-refractivity contribution is 5.97. The van der Waals surface area contributed by atoms with E-state index in [9.17, 15) is 23.7 Å². The summed E-state index contributed by atoms with van der Waals surface area (Å²) in [6, 6.07) is 10.0. The monoisotopic (exact) mass is 381 g/mol. The molecule has 0 fully saturated rings. The van der Waals surface area contributed by atoms with Gasteiger partial charge in [0.25, 0.3) is 11.6 Å². The van der Waals surface area contributed by atoms with Crippen LogP contribution in [-0.4, -0.2) is 37.6 Å². The van der Waals surface area contributed by atoms with Gasteiger partial charge in [0.2, 0.25) is 0 Å². The molecule has 0 saturated heterocycles. The Morgan fingerprint density at radius 3 is 2.48 bits per heavy atom. The van der Waals surface area contributed by atoms with E-state index in [1.165, 1.54) is 49.6 Å². The van der Waals surface area contributed by atoms with E-state index in [4.69, 9.17) is 4.74 Å². The smallest absolute Gasteiger partial charge is 0.387 e. The first kappa shape index (κ1) is 19.9. The Morgan fingerprint density at radius 1 is 1.19 bits per heavy atom. The number of carbonyl (C=O) groups excluding carboxylic acids is 1. The minimum Gasteiger partial charge on any atom is -0.493 e. The van der Waals surface area contributed by atoms with Crippen LogP contribution in [-0.2, 0) is 0 Å². The van der Waals surface area contributed by atoms with Crippen molar-refractivity contribution in [2.45, 2.75) is 6.61 Å². The summed E-state index contributed by atoms with van der Waals surface area (Å²) in [6.45, 7) is -2.60. The summed E-state index contributed by atoms with van der Waals surface area (Å²) >= 11 is 0. The van der Waals surface area contributed by atoms with Gasteiger partial charge in [-0.3, -0.25) is 14.9 Å². The molecule has 2 aromatic rings. The molecule has 2 aromatic carbocycles. The molecule has 0 aliphatic heterocycles. The van der Waals surface area contributed by atoms with Crippen molar-refractivity contribution in [1.82, 2.24) is 5.32 Å². The van der Waals surface area contributed by atoms with Crippen molar-refractivity contribution in [1.29, 1.82) is 0 Å². The molecule has 2 N–H and O–H groups in total. The van der Waals surface area contributed by atoms with E-state index in [2.05, 4.69) is 15.4 Å². The second-order valence-corrected chi connectivity index (χ2v) is 5.20. The summed E-state index contributed by atoms with van der Waals surface area (Å²) in [5.41, 5.74) is 0.529. The highest BCUT2D eigenvalue weighted by Gasteiger charge is 2.19. The SMILES string of the molecule is COc1cccc(C(=O)NCCNc2ccc([N+](=O)[O-])cc2)c1OC(F)F. The molecule has 0 aliphatic rings. The van der Waals surface area contributed by atoms with E-state index >= 15 is 0 Å². The first-order valence-corrected chi connectivity index (χ1v) is 7.80. The minimum absolute atomic E-state index is 0.0203. The van der Waals surface area contributed by atoms with Gasteiger partial charge >= 0.3 is 6.61 Å². The number of carbonyl (C=O) groups is 1. The van der Waals surface area contributed by atoms with Crippen LogP contribution in [0.2, 0.25) is 0 Å². The molecule has 27 heavy (non-hydrogen) atoms. The molecule has 10 heteroatoms. The number of methoxy groups -OCH3 is 1. The molecule has 0 unspecified atom stereocenters. The van der Waals surface area contributed by atoms with Gasteiger partial charge in [-0.05, 0) is 24.3 Å². The molecule has 2 rings (SSSR count). The van der Waals surface area contributed by atoms with Crippen LogP contribution in [0.5, 0.6) is 11.5 Å². The summed E-state index contributed by atoms with van der Waals surface area (Å²) < 4.78 is 34.5. The number of anilines is 1. The highest BCUT2D eigenvalue weighted by Crippen LogP contribution is 2.32. The van der Waals surface area contributed by atoms with Crippen LogP contribution in [0.1, 0.15) is 10.4 Å². The lowest BCUT2D eigenvalue weighted by Crippen LogP contribution is -2.29. The quantitative estimate of drug-likeness (QED) is 0.393. The van der Waals surface area contributed by atoms with Gasteiger partial charge in [-0.2, -0.15) is 8.78 Å². The maximum Gasteiger partial charge on any atom is 0.387 e. The number of hydrogen-bond donors (Lipinski definition) is 2. The molecule has 0 aromatic heterocycles. The fourth-order valence-electron chi connectivity index (χ4n) is 2.25. The maximum absolute atomic E-state index is 12.6. The van der Waals surface area contributed by atoms with E-state index in [1.807, 2.05) is 0 Å². The van der Waals surface area contributed by atoms with Gasteiger partial charge in [0.05, 0.1) is 17.6 Å². The highest BCUT2D eigenvalue weighted by atomic mass is 19.3. The van der Waals surface area contributed by atoms with Crippen LogP contribution in [0.4, 0.5) is 20.2 Å². The number of ether oxygens (including phenoxy) is 2. The molecule has 0 heterocycles. The number of nitro groups is 1. The van der Waals surface area contributed by atoms with E-state index < -0.39 is 17.4 Å². The zero-order valence-electron chi connectivity index (χ0n) is 14.3. The fourth-order valence-corrected chi connectivity index (χ4v) is 2.25. The molecule has 0 aliphatic carbocycles. The molecule has 0 bridgehead atoms. The summed E-state index contributed by atoms with van der Waals surface area (Å²) in [7, 11) is 1.28. The lowest BCUT2D eigenvalue weighted by atomic mass is 10.1. The Balaban J connectivity index is 1.93. The number of para-hydroxylation sites is 1. The second-order valence-electron chi connectivity index (χ2n) is 5.20. The number of alkyl halides is 2. The third kappa shape index (κ3) is 5.53. The number of halogens is 2. The topological polar surface area (TPSA) is 103 Å². The predicted molar refractivity (Wildman–Crippen MR) is 93.5 cm³/mol. The number of benzene rings is 2. The Hall–Kier alpha value is -3.43. The Labute approximate surface area is 153 Å². The lowest BCUT2D eigenvalue weighted by molar-refractivity contribution is -0.384. The van der Waals surface area contributed by atoms with Crippen molar-refractivity contribution >= 4 is 17.3 Å². The summed E-state index contributed by atoms with van der Waals surface area (Å²) in [4.78, 5) is 22.3. The van der Waals surface area contributed by atoms with E-state index in [-0.39, 0.29) is 29.3 Å². The van der Waals surface area contributed by atoms with Gasteiger partial charge in [-0.25, -0.2) is 0 Å². The lowest BCUT2D eigenvalue weighted by Gasteiger charge is -2.14. The van der Waals surface area contributed by atoms with Crippen LogP contribution in [0.15, 0.2) is 42.5 Å². The summed E-state index contributed by atoms with van der Waals surface area (Å²) in [6.07, 6.45) is 0. The Morgan fingerprint density at radius 2 is 1.89 bits per heavy atom. The van der Waals surface area contributed by atoms with Crippen molar-refractivity contribution in [3.8, 4) is 11.5 Å². The minimum atomic E-state index is -3.10. The van der Waals surface area contributed by atoms with Crippen LogP contribution in [0.3, 0.4) is 0 Å². The number of non-ortho nitro benzene ring substituents is 1. The Bertz CT molecular complexity index is 800. The van der Waals surface area contributed by atoms with Gasteiger partial charge in [0.15, 0.2) is 11.5 Å². The predicted octanol–water partition coefficient (Wildman–Crippen LogP) is 3.05. The fraction of sp³-hybridized carbons (Fsp3) is 0.235. The first-order chi connectivity index (χ1) is 12.9. The van der Waals surface area contributed by atoms with Gasteiger partial charge in [-0.1, -0.05) is 6.07 Å². The van der Waals surface area contributed by atoms with Crippen LogP contribution < -0.4 is 20.1 Å². The number of nitrogens with zero attached hydrogens (tertiary/aromatic N) is 1. The van der Waals surface area contributed by atoms with Crippen LogP contribution in [0, 0.1) is 10.1 Å². The molecule has 0 atom stereocenters. The zero-order valence-corrected chi connectivity index (χ0v) is 14.3. The summed E-state index contributed by atoms with van der Waals surface area (Å²) in [5.74, 6) is -0.919. The van der Waals surface area contributed by atoms with E-state index in [0.717, 1.165) is 0 Å². The van der Waals surface area contributed by atoms with Gasteiger partial charge < -0.3 is 20.1 Å². The van der Waals surface area contributed by atoms with E-state index in [1.54, 1.807) is 0 Å². The van der Waals surface area contributed by atoms with Gasteiger partial charge in [0, 0.05) is 30.9 Å². The average Bonchev–Trinajstić information content (AvgIpc) is 2.65. The van der Waals surface area contributed by atoms with Crippen molar-refractivity contribution < 1.29 is 28.0 Å². The van der Waals surface area contributed by atoms with Gasteiger partial charge in [-0.15, -0.1) is 0 Å². The molecular formula is C17H17F2N3O5. The molecule has 1 amide bonds. The summed E-state index contributed by atoms with van der Waals surface area (Å²) in [5, 5.41) is 16.1. The maximum atomic E-state index is 12.6. The molecule has 8 nitrogen and oxygen atoms in total. The Kier molecular flexibility index (Phi) is 6.86. The molecule has 0 spiro atoms. The normalized spacial score (nSPS) is 10.4. The third-order valence-electron chi connectivity index (χ3n) is 3.47. The number of hydrogen-bond acceptors (Lipinski definition) is 6. The molecule has 0 saturated carbocycles. The largest absolute Gasteiger partial charge is 0.493 e. The standard InChI is InChI=1S/C17H17F2N3O5/c1-26-14-4-2-3-13(15(14)27-17(18)19)16(23)21-10-9-20-11-5-7-12(8-6-11)22(24)25/h2-8,17,20H,9-10H2,1H3,(H,21,23). The second kappa shape index (κ2) is 9.32. The number of amides is 1. The van der Waals surface area contributed by atoms with Crippen molar-refractivity contribution in [2.75, 3.05) is 25.5 Å². The van der Waals surface area contributed by atoms with Crippen molar-refractivity contribution in [3.63, 3.8) is 0 Å². The van der Waals surface area contributed by atoms with Crippen LogP contribution in [0.25, 0.3) is 0 Å². The number of nitrogens with one attached hydrogen (secondary N) is 2. The zero-order chi connectivity index (χ0) is 19.8. The van der Waals surface area contributed by atoms with Crippen molar-refractivity contribution in [3.05, 3.63) is 58.1 Å². The number of rotatable bonds is 9. The van der Waals surface area contributed by atoms with Crippen molar-refractivity contribution in [2.24, 2.45) is 0 Å². The molecular weight excluding hydrogens is 364 g/mol. The number of nitro benzene ring substituents is 1. The van der Waals surface area contributed by atoms with Crippen LogP contribution >= 0.6 is 0 Å². The van der Waals surface area contributed by atoms with E-state index in [0.29, 0.717) is 12.2 Å². The third-order valence-corrected chi connectivity index (χ3v) is 3.47. The molecule has 144 valence electrons. The van der Waals surface area contributed by atoms with Gasteiger partial charge in [0.1, 0.15) is 0 Å². The average molecular weight is 381 g/mol.